The topological polar surface area (TPSA) is 60.2 Å². The Labute approximate surface area is 87.1 Å². The van der Waals surface area contributed by atoms with E-state index in [1.165, 1.54) is 6.07 Å². The van der Waals surface area contributed by atoms with E-state index >= 15 is 0 Å². The first kappa shape index (κ1) is 9.83. The summed E-state index contributed by atoms with van der Waals surface area (Å²) in [6, 6.07) is 4.93. The third-order valence-electron chi connectivity index (χ3n) is 2.96. The molecule has 78 valence electrons. The van der Waals surface area contributed by atoms with Crippen molar-refractivity contribution in [3.05, 3.63) is 39.4 Å². The molecule has 0 spiro atoms. The van der Waals surface area contributed by atoms with Crippen molar-refractivity contribution in [2.75, 3.05) is 0 Å². The summed E-state index contributed by atoms with van der Waals surface area (Å²) in [5.41, 5.74) is 0.923. The monoisotopic (exact) mass is 205 g/mol. The molecule has 0 bridgehead atoms. The van der Waals surface area contributed by atoms with Gasteiger partial charge < -0.3 is 4.79 Å². The molecule has 0 saturated heterocycles. The average molecular weight is 205 g/mol. The third kappa shape index (κ3) is 1.42. The van der Waals surface area contributed by atoms with Crippen molar-refractivity contribution in [2.24, 2.45) is 0 Å². The van der Waals surface area contributed by atoms with Crippen LogP contribution in [-0.2, 0) is 10.2 Å². The Hall–Kier alpha value is -1.71. The van der Waals surface area contributed by atoms with Gasteiger partial charge in [0.2, 0.25) is 0 Å². The van der Waals surface area contributed by atoms with Gasteiger partial charge in [-0.15, -0.1) is 0 Å². The molecule has 1 aromatic carbocycles. The normalized spacial score (nSPS) is 17.1. The second-order valence-corrected chi connectivity index (χ2v) is 4.00. The number of rotatable bonds is 3. The van der Waals surface area contributed by atoms with Crippen LogP contribution in [-0.4, -0.2) is 11.2 Å². The van der Waals surface area contributed by atoms with Gasteiger partial charge in [-0.1, -0.05) is 12.1 Å². The molecule has 1 saturated carbocycles. The maximum Gasteiger partial charge on any atom is 0.273 e. The molecule has 0 atom stereocenters. The zero-order chi connectivity index (χ0) is 11.1. The van der Waals surface area contributed by atoms with Gasteiger partial charge in [-0.05, 0) is 25.3 Å². The Balaban J connectivity index is 2.63. The minimum Gasteiger partial charge on any atom is -0.302 e. The van der Waals surface area contributed by atoms with E-state index in [9.17, 15) is 14.9 Å². The van der Waals surface area contributed by atoms with Gasteiger partial charge in [0.15, 0.2) is 0 Å². The van der Waals surface area contributed by atoms with Crippen LogP contribution in [0.2, 0.25) is 0 Å². The first-order valence-corrected chi connectivity index (χ1v) is 4.81. The molecular weight excluding hydrogens is 194 g/mol. The molecule has 0 N–H and O–H groups in total. The van der Waals surface area contributed by atoms with Gasteiger partial charge in [-0.25, -0.2) is 0 Å². The lowest BCUT2D eigenvalue weighted by atomic mass is 9.91. The van der Waals surface area contributed by atoms with Crippen LogP contribution < -0.4 is 0 Å². The van der Waals surface area contributed by atoms with Crippen LogP contribution in [0.15, 0.2) is 18.2 Å². The quantitative estimate of drug-likeness (QED) is 0.431. The minimum atomic E-state index is -0.576. The summed E-state index contributed by atoms with van der Waals surface area (Å²) >= 11 is 0. The van der Waals surface area contributed by atoms with Crippen molar-refractivity contribution in [1.82, 2.24) is 0 Å². The highest BCUT2D eigenvalue weighted by Gasteiger charge is 2.49. The maximum absolute atomic E-state index is 11.0. The predicted octanol–water partition coefficient (Wildman–Crippen LogP) is 2.13. The molecule has 0 unspecified atom stereocenters. The van der Waals surface area contributed by atoms with Crippen molar-refractivity contribution >= 4 is 12.0 Å². The van der Waals surface area contributed by atoms with Gasteiger partial charge in [-0.2, -0.15) is 0 Å². The molecule has 0 aromatic heterocycles. The van der Waals surface area contributed by atoms with Crippen LogP contribution >= 0.6 is 0 Å². The highest BCUT2D eigenvalue weighted by molar-refractivity contribution is 5.77. The maximum atomic E-state index is 11.0. The van der Waals surface area contributed by atoms with E-state index in [4.69, 9.17) is 0 Å². The number of nitro groups is 1. The van der Waals surface area contributed by atoms with Gasteiger partial charge in [0, 0.05) is 11.6 Å². The summed E-state index contributed by atoms with van der Waals surface area (Å²) in [6.45, 7) is 1.81. The summed E-state index contributed by atoms with van der Waals surface area (Å²) in [5.74, 6) is 0. The highest BCUT2D eigenvalue weighted by Crippen LogP contribution is 2.50. The summed E-state index contributed by atoms with van der Waals surface area (Å²) in [4.78, 5) is 21.4. The number of carbonyl (C=O) groups is 1. The van der Waals surface area contributed by atoms with E-state index in [0.29, 0.717) is 5.56 Å². The number of nitro benzene ring substituents is 1. The average Bonchev–Trinajstić information content (AvgIpc) is 2.98. The van der Waals surface area contributed by atoms with Crippen LogP contribution in [0.1, 0.15) is 24.0 Å². The van der Waals surface area contributed by atoms with Crippen LogP contribution in [0.25, 0.3) is 0 Å². The SMILES string of the molecule is Cc1cccc([N+](=O)[O-])c1C1(C=O)CC1. The van der Waals surface area contributed by atoms with Crippen LogP contribution in [0.4, 0.5) is 5.69 Å². The molecule has 4 nitrogen and oxygen atoms in total. The largest absolute Gasteiger partial charge is 0.302 e. The molecule has 0 aliphatic heterocycles. The lowest BCUT2D eigenvalue weighted by Crippen LogP contribution is -2.12. The number of hydrogen-bond donors (Lipinski definition) is 0. The number of hydrogen-bond acceptors (Lipinski definition) is 3. The summed E-state index contributed by atoms with van der Waals surface area (Å²) in [5, 5.41) is 10.9. The van der Waals surface area contributed by atoms with Gasteiger partial charge in [0.1, 0.15) is 6.29 Å². The molecule has 0 heterocycles. The molecule has 1 aliphatic rings. The van der Waals surface area contributed by atoms with E-state index in [1.807, 2.05) is 13.0 Å². The minimum absolute atomic E-state index is 0.0691. The fraction of sp³-hybridized carbons (Fsp3) is 0.364. The van der Waals surface area contributed by atoms with Crippen molar-refractivity contribution in [3.63, 3.8) is 0 Å². The number of nitrogens with zero attached hydrogens (tertiary/aromatic N) is 1. The zero-order valence-electron chi connectivity index (χ0n) is 8.40. The Morgan fingerprint density at radius 1 is 1.47 bits per heavy atom. The molecule has 1 fully saturated rings. The summed E-state index contributed by atoms with van der Waals surface area (Å²) in [7, 11) is 0. The molecule has 4 heteroatoms. The van der Waals surface area contributed by atoms with E-state index in [2.05, 4.69) is 0 Å². The lowest BCUT2D eigenvalue weighted by molar-refractivity contribution is -0.385. The van der Waals surface area contributed by atoms with E-state index < -0.39 is 10.3 Å². The summed E-state index contributed by atoms with van der Waals surface area (Å²) < 4.78 is 0. The second-order valence-electron chi connectivity index (χ2n) is 4.00. The molecular formula is C11H11NO3. The first-order valence-electron chi connectivity index (χ1n) is 4.81. The van der Waals surface area contributed by atoms with E-state index in [1.54, 1.807) is 6.07 Å². The predicted molar refractivity (Wildman–Crippen MR) is 54.8 cm³/mol. The van der Waals surface area contributed by atoms with Gasteiger partial charge in [0.25, 0.3) is 5.69 Å². The van der Waals surface area contributed by atoms with Crippen molar-refractivity contribution < 1.29 is 9.72 Å². The molecule has 1 aromatic rings. The van der Waals surface area contributed by atoms with E-state index in [0.717, 1.165) is 24.7 Å². The third-order valence-corrected chi connectivity index (χ3v) is 2.96. The van der Waals surface area contributed by atoms with Crippen molar-refractivity contribution in [1.29, 1.82) is 0 Å². The number of carbonyl (C=O) groups excluding carboxylic acids is 1. The van der Waals surface area contributed by atoms with Crippen LogP contribution in [0, 0.1) is 17.0 Å². The van der Waals surface area contributed by atoms with Crippen LogP contribution in [0.3, 0.4) is 0 Å². The smallest absolute Gasteiger partial charge is 0.273 e. The van der Waals surface area contributed by atoms with Gasteiger partial charge >= 0.3 is 0 Å². The lowest BCUT2D eigenvalue weighted by Gasteiger charge is -2.11. The zero-order valence-corrected chi connectivity index (χ0v) is 8.40. The van der Waals surface area contributed by atoms with E-state index in [-0.39, 0.29) is 5.69 Å². The van der Waals surface area contributed by atoms with Crippen molar-refractivity contribution in [2.45, 2.75) is 25.2 Å². The highest BCUT2D eigenvalue weighted by atomic mass is 16.6. The fourth-order valence-electron chi connectivity index (χ4n) is 2.01. The Morgan fingerprint density at radius 2 is 2.13 bits per heavy atom. The molecule has 1 aliphatic carbocycles. The van der Waals surface area contributed by atoms with Crippen LogP contribution in [0.5, 0.6) is 0 Å². The standard InChI is InChI=1S/C11H11NO3/c1-8-3-2-4-9(12(14)15)10(8)11(7-13)5-6-11/h2-4,7H,5-6H2,1H3. The fourth-order valence-corrected chi connectivity index (χ4v) is 2.01. The molecule has 0 radical (unpaired) electrons. The molecule has 0 amide bonds. The Kier molecular flexibility index (Phi) is 2.07. The summed E-state index contributed by atoms with van der Waals surface area (Å²) in [6.07, 6.45) is 2.30. The Bertz CT molecular complexity index is 435. The number of aryl methyl sites for hydroxylation is 1. The number of aldehydes is 1. The first-order chi connectivity index (χ1) is 7.10. The molecule has 15 heavy (non-hydrogen) atoms. The van der Waals surface area contributed by atoms with Gasteiger partial charge in [-0.3, -0.25) is 10.1 Å². The van der Waals surface area contributed by atoms with Crippen molar-refractivity contribution in [3.8, 4) is 0 Å². The molecule has 2 rings (SSSR count). The second kappa shape index (κ2) is 3.15. The Morgan fingerprint density at radius 3 is 2.60 bits per heavy atom. The number of benzene rings is 1. The van der Waals surface area contributed by atoms with Gasteiger partial charge in [0.05, 0.1) is 10.3 Å².